The normalized spacial score (nSPS) is 16.0. The number of carbonyl (C=O) groups is 1. The van der Waals surface area contributed by atoms with Crippen LogP contribution in [0.3, 0.4) is 0 Å². The van der Waals surface area contributed by atoms with Gasteiger partial charge in [-0.15, -0.1) is 0 Å². The minimum absolute atomic E-state index is 0.0285. The Bertz CT molecular complexity index is 1470. The quantitative estimate of drug-likeness (QED) is 0.339. The van der Waals surface area contributed by atoms with Gasteiger partial charge < -0.3 is 9.47 Å². The summed E-state index contributed by atoms with van der Waals surface area (Å²) in [6.07, 6.45) is 1.58. The van der Waals surface area contributed by atoms with Crippen molar-refractivity contribution in [3.05, 3.63) is 105 Å². The summed E-state index contributed by atoms with van der Waals surface area (Å²) in [6, 6.07) is 19.0. The Morgan fingerprint density at radius 3 is 2.59 bits per heavy atom. The molecule has 0 saturated carbocycles. The van der Waals surface area contributed by atoms with E-state index in [0.717, 1.165) is 16.8 Å². The molecule has 1 N–H and O–H groups in total. The summed E-state index contributed by atoms with van der Waals surface area (Å²) in [7, 11) is 0. The van der Waals surface area contributed by atoms with Crippen LogP contribution in [0.2, 0.25) is 5.02 Å². The highest BCUT2D eigenvalue weighted by molar-refractivity contribution is 8.17. The minimum atomic E-state index is -0.503. The molecule has 3 aromatic carbocycles. The van der Waals surface area contributed by atoms with E-state index in [1.54, 1.807) is 35.2 Å². The number of halogens is 2. The average Bonchev–Trinajstić information content (AvgIpc) is 3.32. The second kappa shape index (κ2) is 10.6. The number of amidine groups is 2. The van der Waals surface area contributed by atoms with Crippen LogP contribution in [0.1, 0.15) is 23.6 Å². The first kappa shape index (κ1) is 24.8. The topological polar surface area (TPSA) is 75.0 Å². The molecule has 0 spiro atoms. The number of hydrogen-bond donors (Lipinski definition) is 1. The van der Waals surface area contributed by atoms with Crippen molar-refractivity contribution in [2.24, 2.45) is 4.99 Å². The molecule has 2 aliphatic rings. The number of rotatable bonds is 7. The monoisotopic (exact) mass is 533 g/mol. The summed E-state index contributed by atoms with van der Waals surface area (Å²) in [4.78, 5) is 18.7. The molecule has 1 amide bonds. The van der Waals surface area contributed by atoms with Gasteiger partial charge in [-0.05, 0) is 54.0 Å². The second-order valence-corrected chi connectivity index (χ2v) is 9.35. The van der Waals surface area contributed by atoms with E-state index in [9.17, 15) is 9.18 Å². The predicted octanol–water partition coefficient (Wildman–Crippen LogP) is 6.76. The largest absolute Gasteiger partial charge is 0.490 e. The Labute approximate surface area is 222 Å². The summed E-state index contributed by atoms with van der Waals surface area (Å²) in [6.45, 7) is 2.37. The number of ether oxygens (including phenoxy) is 2. The highest BCUT2D eigenvalue weighted by atomic mass is 35.5. The van der Waals surface area contributed by atoms with Crippen LogP contribution in [0.25, 0.3) is 11.8 Å². The maximum atomic E-state index is 13.2. The summed E-state index contributed by atoms with van der Waals surface area (Å²) in [5.41, 5.74) is 3.16. The van der Waals surface area contributed by atoms with Crippen molar-refractivity contribution in [2.45, 2.75) is 13.5 Å². The first-order valence-corrected chi connectivity index (χ1v) is 12.7. The number of hydrogen-bond acceptors (Lipinski definition) is 5. The van der Waals surface area contributed by atoms with Gasteiger partial charge in [0.05, 0.1) is 22.9 Å². The average molecular weight is 534 g/mol. The van der Waals surface area contributed by atoms with E-state index >= 15 is 0 Å². The van der Waals surface area contributed by atoms with Crippen molar-refractivity contribution in [2.75, 3.05) is 6.61 Å². The summed E-state index contributed by atoms with van der Waals surface area (Å²) < 4.78 is 24.9. The molecule has 0 fully saturated rings. The van der Waals surface area contributed by atoms with Crippen LogP contribution < -0.4 is 9.47 Å². The van der Waals surface area contributed by atoms with Gasteiger partial charge in [-0.25, -0.2) is 4.39 Å². The fourth-order valence-corrected chi connectivity index (χ4v) is 5.05. The van der Waals surface area contributed by atoms with Crippen LogP contribution in [-0.2, 0) is 11.4 Å². The van der Waals surface area contributed by atoms with Gasteiger partial charge >= 0.3 is 0 Å². The zero-order valence-electron chi connectivity index (χ0n) is 19.7. The standard InChI is InChI=1S/C28H21ClFN3O3S/c1-2-35-24-14-18(13-22(29)25(24)36-15-17-8-10-20(30)11-9-17)12-21-26(31)33-23(19-6-4-3-5-7-19)16-37-28(33)32-27(21)34/h3-14,16,31H,2,15H2,1H3. The van der Waals surface area contributed by atoms with Gasteiger partial charge in [0.15, 0.2) is 16.7 Å². The molecule has 5 rings (SSSR count). The highest BCUT2D eigenvalue weighted by Gasteiger charge is 2.36. The molecular formula is C28H21ClFN3O3S. The van der Waals surface area contributed by atoms with Crippen molar-refractivity contribution in [3.63, 3.8) is 0 Å². The van der Waals surface area contributed by atoms with Crippen LogP contribution >= 0.6 is 23.4 Å². The highest BCUT2D eigenvalue weighted by Crippen LogP contribution is 2.40. The number of fused-ring (bicyclic) bond motifs is 1. The van der Waals surface area contributed by atoms with E-state index in [1.807, 2.05) is 42.7 Å². The van der Waals surface area contributed by atoms with E-state index in [4.69, 9.17) is 26.5 Å². The zero-order chi connectivity index (χ0) is 25.9. The number of nitrogens with zero attached hydrogens (tertiary/aromatic N) is 2. The van der Waals surface area contributed by atoms with Gasteiger partial charge in [-0.2, -0.15) is 4.99 Å². The molecule has 0 unspecified atom stereocenters. The molecule has 6 nitrogen and oxygen atoms in total. The van der Waals surface area contributed by atoms with E-state index in [1.165, 1.54) is 23.9 Å². The number of nitrogens with one attached hydrogen (secondary N) is 1. The number of aliphatic imine (C=N–C) groups is 1. The molecule has 0 atom stereocenters. The van der Waals surface area contributed by atoms with Gasteiger partial charge in [0.1, 0.15) is 18.3 Å². The molecule has 186 valence electrons. The molecular weight excluding hydrogens is 513 g/mol. The van der Waals surface area contributed by atoms with Gasteiger partial charge in [-0.1, -0.05) is 65.8 Å². The smallest absolute Gasteiger partial charge is 0.283 e. The van der Waals surface area contributed by atoms with Crippen molar-refractivity contribution in [1.29, 1.82) is 5.41 Å². The third kappa shape index (κ3) is 5.16. The third-order valence-electron chi connectivity index (χ3n) is 5.62. The van der Waals surface area contributed by atoms with Crippen molar-refractivity contribution < 1.29 is 18.7 Å². The lowest BCUT2D eigenvalue weighted by atomic mass is 10.1. The van der Waals surface area contributed by atoms with Gasteiger partial charge in [0.25, 0.3) is 5.91 Å². The number of thioether (sulfide) groups is 1. The zero-order valence-corrected chi connectivity index (χ0v) is 21.3. The molecule has 0 aliphatic carbocycles. The van der Waals surface area contributed by atoms with E-state index < -0.39 is 5.91 Å². The SMILES string of the molecule is CCOc1cc(C=C2C(=N)N3C(c4ccccc4)=CSC3=NC2=O)cc(Cl)c1OCc1ccc(F)cc1. The molecule has 9 heteroatoms. The Morgan fingerprint density at radius 2 is 1.86 bits per heavy atom. The molecule has 0 bridgehead atoms. The fraction of sp³-hybridized carbons (Fsp3) is 0.107. The minimum Gasteiger partial charge on any atom is -0.490 e. The number of carbonyl (C=O) groups excluding carboxylic acids is 1. The molecule has 0 radical (unpaired) electrons. The lowest BCUT2D eigenvalue weighted by Crippen LogP contribution is -2.38. The Hall–Kier alpha value is -3.88. The summed E-state index contributed by atoms with van der Waals surface area (Å²) in [5, 5.41) is 11.4. The number of benzene rings is 3. The van der Waals surface area contributed by atoms with Crippen molar-refractivity contribution >= 4 is 52.0 Å². The molecule has 3 aromatic rings. The van der Waals surface area contributed by atoms with Crippen LogP contribution in [0.4, 0.5) is 4.39 Å². The fourth-order valence-electron chi connectivity index (χ4n) is 3.89. The van der Waals surface area contributed by atoms with Crippen LogP contribution in [0.5, 0.6) is 11.5 Å². The summed E-state index contributed by atoms with van der Waals surface area (Å²) in [5.74, 6) is -0.0690. The van der Waals surface area contributed by atoms with E-state index in [-0.39, 0.29) is 28.9 Å². The second-order valence-electron chi connectivity index (χ2n) is 8.11. The van der Waals surface area contributed by atoms with Gasteiger partial charge in [0, 0.05) is 5.41 Å². The maximum absolute atomic E-state index is 13.2. The van der Waals surface area contributed by atoms with E-state index in [2.05, 4.69) is 4.99 Å². The Kier molecular flexibility index (Phi) is 7.12. The van der Waals surface area contributed by atoms with Crippen LogP contribution in [0.15, 0.2) is 82.7 Å². The molecule has 37 heavy (non-hydrogen) atoms. The first-order chi connectivity index (χ1) is 17.9. The first-order valence-electron chi connectivity index (χ1n) is 11.4. The molecule has 0 saturated heterocycles. The predicted molar refractivity (Wildman–Crippen MR) is 145 cm³/mol. The third-order valence-corrected chi connectivity index (χ3v) is 6.73. The molecule has 2 aliphatic heterocycles. The maximum Gasteiger partial charge on any atom is 0.283 e. The lowest BCUT2D eigenvalue weighted by molar-refractivity contribution is -0.114. The van der Waals surface area contributed by atoms with Gasteiger partial charge in [-0.3, -0.25) is 15.1 Å². The van der Waals surface area contributed by atoms with Crippen molar-refractivity contribution in [3.8, 4) is 11.5 Å². The van der Waals surface area contributed by atoms with Crippen LogP contribution in [-0.4, -0.2) is 28.4 Å². The summed E-state index contributed by atoms with van der Waals surface area (Å²) >= 11 is 7.87. The number of amides is 1. The van der Waals surface area contributed by atoms with Crippen molar-refractivity contribution in [1.82, 2.24) is 4.90 Å². The lowest BCUT2D eigenvalue weighted by Gasteiger charge is -2.27. The van der Waals surface area contributed by atoms with Gasteiger partial charge in [0.2, 0.25) is 0 Å². The Morgan fingerprint density at radius 1 is 1.11 bits per heavy atom. The van der Waals surface area contributed by atoms with E-state index in [0.29, 0.717) is 28.8 Å². The Balaban J connectivity index is 1.45. The van der Waals surface area contributed by atoms with Crippen LogP contribution in [0, 0.1) is 11.2 Å². The molecule has 0 aromatic heterocycles. The molecule has 2 heterocycles.